The number of hydrogen-bond acceptors (Lipinski definition) is 5. The average molecular weight is 397 g/mol. The fraction of sp³-hybridized carbons (Fsp3) is 0.500. The summed E-state index contributed by atoms with van der Waals surface area (Å²) in [5.74, 6) is -4.11. The van der Waals surface area contributed by atoms with Gasteiger partial charge in [-0.25, -0.2) is 18.2 Å². The maximum absolute atomic E-state index is 14.1. The van der Waals surface area contributed by atoms with Gasteiger partial charge in [-0.2, -0.15) is 4.98 Å². The van der Waals surface area contributed by atoms with Crippen LogP contribution in [0.5, 0.6) is 5.88 Å². The number of pyridine rings is 1. The molecule has 1 saturated heterocycles. The Morgan fingerprint density at radius 2 is 2.08 bits per heavy atom. The monoisotopic (exact) mass is 396 g/mol. The van der Waals surface area contributed by atoms with E-state index >= 15 is 0 Å². The lowest BCUT2D eigenvalue weighted by atomic mass is 10.1. The first-order chi connectivity index (χ1) is 11.8. The van der Waals surface area contributed by atoms with Crippen LogP contribution in [0.2, 0.25) is 10.4 Å². The molecular weight excluding hydrogens is 384 g/mol. The van der Waals surface area contributed by atoms with E-state index in [2.05, 4.69) is 20.3 Å². The quantitative estimate of drug-likeness (QED) is 0.615. The molecule has 2 aromatic heterocycles. The molecule has 0 aromatic carbocycles. The summed E-state index contributed by atoms with van der Waals surface area (Å²) in [4.78, 5) is 21.6. The number of aromatic nitrogens is 3. The van der Waals surface area contributed by atoms with Gasteiger partial charge >= 0.3 is 0 Å². The highest BCUT2D eigenvalue weighted by Gasteiger charge is 2.34. The van der Waals surface area contributed by atoms with E-state index < -0.39 is 40.4 Å². The van der Waals surface area contributed by atoms with E-state index in [0.29, 0.717) is 13.0 Å². The molecule has 0 aliphatic carbocycles. The van der Waals surface area contributed by atoms with Crippen molar-refractivity contribution in [1.82, 2.24) is 20.3 Å². The van der Waals surface area contributed by atoms with Crippen LogP contribution in [-0.4, -0.2) is 40.1 Å². The molecule has 2 N–H and O–H groups in total. The number of nitrogens with zero attached hydrogens (tertiary/aromatic N) is 2. The average Bonchev–Trinajstić information content (AvgIpc) is 2.69. The lowest BCUT2D eigenvalue weighted by Crippen LogP contribution is -2.37. The van der Waals surface area contributed by atoms with E-state index in [1.165, 1.54) is 0 Å². The van der Waals surface area contributed by atoms with E-state index in [9.17, 15) is 18.0 Å². The van der Waals surface area contributed by atoms with Crippen molar-refractivity contribution in [3.05, 3.63) is 26.6 Å². The Morgan fingerprint density at radius 1 is 1.32 bits per heavy atom. The first-order valence-corrected chi connectivity index (χ1v) is 8.21. The predicted octanol–water partition coefficient (Wildman–Crippen LogP) is 2.92. The molecule has 6 nitrogen and oxygen atoms in total. The molecule has 1 unspecified atom stereocenters. The molecule has 2 aromatic rings. The van der Waals surface area contributed by atoms with Gasteiger partial charge in [0.05, 0.1) is 0 Å². The van der Waals surface area contributed by atoms with Crippen LogP contribution < -0.4 is 15.6 Å². The van der Waals surface area contributed by atoms with E-state index in [0.717, 1.165) is 0 Å². The van der Waals surface area contributed by atoms with Gasteiger partial charge in [-0.15, -0.1) is 0 Å². The molecule has 25 heavy (non-hydrogen) atoms. The van der Waals surface area contributed by atoms with Crippen LogP contribution in [0.15, 0.2) is 4.79 Å². The number of hydrogen-bond donors (Lipinski definition) is 2. The van der Waals surface area contributed by atoms with Crippen molar-refractivity contribution in [1.29, 1.82) is 0 Å². The second-order valence-corrected chi connectivity index (χ2v) is 6.44. The third-order valence-electron chi connectivity index (χ3n) is 3.81. The fourth-order valence-corrected chi connectivity index (χ4v) is 3.02. The molecular formula is C14H13Cl2F3N4O2. The standard InChI is InChI=1S/C14H13Cl2F3N4O2/c15-10-8(17)9-7(11(24)23-13(16)21-9)12(22-10)25-5-6-4-14(18,19)2-1-3-20-6/h6,20H,1-5H2,(H,21,23,24). The van der Waals surface area contributed by atoms with E-state index in [-0.39, 0.29) is 29.6 Å². The number of fused-ring (bicyclic) bond motifs is 1. The summed E-state index contributed by atoms with van der Waals surface area (Å²) in [6.45, 7) is 0.224. The Labute approximate surface area is 149 Å². The maximum Gasteiger partial charge on any atom is 0.265 e. The van der Waals surface area contributed by atoms with Gasteiger partial charge in [0.2, 0.25) is 17.1 Å². The predicted molar refractivity (Wildman–Crippen MR) is 86.2 cm³/mol. The second-order valence-electron chi connectivity index (χ2n) is 5.73. The normalized spacial score (nSPS) is 20.4. The zero-order valence-electron chi connectivity index (χ0n) is 12.7. The fourth-order valence-electron chi connectivity index (χ4n) is 2.68. The van der Waals surface area contributed by atoms with Gasteiger partial charge in [0, 0.05) is 18.9 Å². The first-order valence-electron chi connectivity index (χ1n) is 7.45. The zero-order chi connectivity index (χ0) is 18.2. The van der Waals surface area contributed by atoms with Crippen LogP contribution >= 0.6 is 23.2 Å². The number of ether oxygens (including phenoxy) is 1. The third kappa shape index (κ3) is 3.99. The van der Waals surface area contributed by atoms with Gasteiger partial charge in [0.1, 0.15) is 17.5 Å². The molecule has 1 aliphatic rings. The summed E-state index contributed by atoms with van der Waals surface area (Å²) < 4.78 is 46.8. The smallest absolute Gasteiger partial charge is 0.265 e. The Morgan fingerprint density at radius 3 is 2.84 bits per heavy atom. The molecule has 3 rings (SSSR count). The first kappa shape index (κ1) is 18.2. The Kier molecular flexibility index (Phi) is 5.08. The molecule has 136 valence electrons. The molecule has 0 radical (unpaired) electrons. The van der Waals surface area contributed by atoms with Crippen LogP contribution in [0.3, 0.4) is 0 Å². The van der Waals surface area contributed by atoms with Crippen molar-refractivity contribution in [3.8, 4) is 5.88 Å². The van der Waals surface area contributed by atoms with Crippen molar-refractivity contribution in [3.63, 3.8) is 0 Å². The minimum absolute atomic E-state index is 0.193. The van der Waals surface area contributed by atoms with Gasteiger partial charge in [-0.05, 0) is 24.6 Å². The van der Waals surface area contributed by atoms with Crippen LogP contribution in [0.25, 0.3) is 10.9 Å². The third-order valence-corrected chi connectivity index (χ3v) is 4.24. The molecule has 0 amide bonds. The van der Waals surface area contributed by atoms with E-state index in [4.69, 9.17) is 27.9 Å². The molecule has 3 heterocycles. The van der Waals surface area contributed by atoms with Gasteiger partial charge in [-0.1, -0.05) is 11.6 Å². The minimum atomic E-state index is -2.81. The Balaban J connectivity index is 1.91. The molecule has 0 saturated carbocycles. The van der Waals surface area contributed by atoms with Crippen LogP contribution in [0, 0.1) is 5.82 Å². The largest absolute Gasteiger partial charge is 0.475 e. The van der Waals surface area contributed by atoms with Crippen molar-refractivity contribution in [2.24, 2.45) is 0 Å². The van der Waals surface area contributed by atoms with Crippen LogP contribution in [0.1, 0.15) is 19.3 Å². The van der Waals surface area contributed by atoms with Gasteiger partial charge in [0.25, 0.3) is 5.56 Å². The summed E-state index contributed by atoms with van der Waals surface area (Å²) in [5, 5.41) is 1.77. The molecule has 1 atom stereocenters. The SMILES string of the molecule is O=c1[nH]c(Cl)nc2c(F)c(Cl)nc(OCC3CC(F)(F)CCCN3)c12. The Bertz CT molecular complexity index is 862. The number of H-pyrrole nitrogens is 1. The maximum atomic E-state index is 14.1. The number of nitrogens with one attached hydrogen (secondary N) is 2. The lowest BCUT2D eigenvalue weighted by Gasteiger charge is -2.20. The van der Waals surface area contributed by atoms with Crippen molar-refractivity contribution in [2.75, 3.05) is 13.2 Å². The number of aromatic amines is 1. The summed E-state index contributed by atoms with van der Waals surface area (Å²) in [6.07, 6.45) is -0.280. The van der Waals surface area contributed by atoms with E-state index in [1.54, 1.807) is 0 Å². The zero-order valence-corrected chi connectivity index (χ0v) is 14.2. The van der Waals surface area contributed by atoms with Crippen molar-refractivity contribution < 1.29 is 17.9 Å². The van der Waals surface area contributed by atoms with Crippen molar-refractivity contribution >= 4 is 34.1 Å². The number of alkyl halides is 2. The van der Waals surface area contributed by atoms with E-state index in [1.807, 2.05) is 0 Å². The van der Waals surface area contributed by atoms with Gasteiger partial charge in [-0.3, -0.25) is 9.78 Å². The number of halogens is 5. The van der Waals surface area contributed by atoms with Crippen molar-refractivity contribution in [2.45, 2.75) is 31.2 Å². The highest BCUT2D eigenvalue weighted by molar-refractivity contribution is 6.30. The minimum Gasteiger partial charge on any atom is -0.475 e. The highest BCUT2D eigenvalue weighted by Crippen LogP contribution is 2.30. The van der Waals surface area contributed by atoms with Crippen LogP contribution in [0.4, 0.5) is 13.2 Å². The molecule has 11 heteroatoms. The summed E-state index contributed by atoms with van der Waals surface area (Å²) >= 11 is 11.3. The van der Waals surface area contributed by atoms with Gasteiger partial charge < -0.3 is 10.1 Å². The highest BCUT2D eigenvalue weighted by atomic mass is 35.5. The lowest BCUT2D eigenvalue weighted by molar-refractivity contribution is -0.0218. The number of rotatable bonds is 3. The molecule has 1 fully saturated rings. The van der Waals surface area contributed by atoms with Crippen LogP contribution in [-0.2, 0) is 0 Å². The second kappa shape index (κ2) is 6.97. The summed E-state index contributed by atoms with van der Waals surface area (Å²) in [6, 6.07) is -0.655. The Hall–Kier alpha value is -1.58. The van der Waals surface area contributed by atoms with Gasteiger partial charge in [0.15, 0.2) is 11.0 Å². The molecule has 0 spiro atoms. The summed E-state index contributed by atoms with van der Waals surface area (Å²) in [7, 11) is 0. The molecule has 0 bridgehead atoms. The topological polar surface area (TPSA) is 79.9 Å². The molecule has 1 aliphatic heterocycles. The summed E-state index contributed by atoms with van der Waals surface area (Å²) in [5.41, 5.74) is -1.17.